The maximum Gasteiger partial charge on any atom is 0.234 e. The van der Waals surface area contributed by atoms with Crippen molar-refractivity contribution in [3.8, 4) is 0 Å². The van der Waals surface area contributed by atoms with E-state index >= 15 is 0 Å². The second kappa shape index (κ2) is 11.8. The standard InChI is InChI=1S/C22H24FN3O3S2/c23-17-3-7-19(8-4-17)25-21(28)15-31-14-20(27)24-18-5-1-16(2-6-18)13-22(29)26-9-11-30-12-10-26/h1-8H,9-15H2,(H,24,27)(H,25,28). The van der Waals surface area contributed by atoms with Crippen LogP contribution in [0, 0.1) is 5.82 Å². The monoisotopic (exact) mass is 461 g/mol. The molecular weight excluding hydrogens is 437 g/mol. The molecule has 2 aromatic rings. The molecule has 0 unspecified atom stereocenters. The number of rotatable bonds is 8. The number of anilines is 2. The van der Waals surface area contributed by atoms with Gasteiger partial charge in [0.05, 0.1) is 17.9 Å². The number of carbonyl (C=O) groups is 3. The lowest BCUT2D eigenvalue weighted by Crippen LogP contribution is -2.38. The second-order valence-corrected chi connectivity index (χ2v) is 9.17. The van der Waals surface area contributed by atoms with Gasteiger partial charge in [-0.25, -0.2) is 4.39 Å². The Morgan fingerprint density at radius 2 is 1.39 bits per heavy atom. The molecule has 3 rings (SSSR count). The third kappa shape index (κ3) is 7.91. The zero-order valence-corrected chi connectivity index (χ0v) is 18.6. The molecule has 9 heteroatoms. The van der Waals surface area contributed by atoms with Crippen LogP contribution in [0.2, 0.25) is 0 Å². The first kappa shape index (κ1) is 23.1. The summed E-state index contributed by atoms with van der Waals surface area (Å²) in [6.07, 6.45) is 0.359. The number of nitrogens with zero attached hydrogens (tertiary/aromatic N) is 1. The number of hydrogen-bond acceptors (Lipinski definition) is 5. The zero-order chi connectivity index (χ0) is 22.1. The lowest BCUT2D eigenvalue weighted by molar-refractivity contribution is -0.130. The van der Waals surface area contributed by atoms with E-state index in [4.69, 9.17) is 0 Å². The van der Waals surface area contributed by atoms with E-state index in [2.05, 4.69) is 10.6 Å². The van der Waals surface area contributed by atoms with Gasteiger partial charge in [0.1, 0.15) is 5.82 Å². The molecule has 0 aromatic heterocycles. The molecule has 0 aliphatic carbocycles. The number of hydrogen-bond donors (Lipinski definition) is 2. The maximum absolute atomic E-state index is 12.9. The number of amides is 3. The lowest BCUT2D eigenvalue weighted by Gasteiger charge is -2.26. The van der Waals surface area contributed by atoms with Crippen molar-refractivity contribution in [2.45, 2.75) is 6.42 Å². The molecule has 0 bridgehead atoms. The molecule has 0 saturated carbocycles. The van der Waals surface area contributed by atoms with Crippen LogP contribution < -0.4 is 10.6 Å². The Labute approximate surface area is 189 Å². The van der Waals surface area contributed by atoms with Gasteiger partial charge in [0.15, 0.2) is 0 Å². The van der Waals surface area contributed by atoms with E-state index in [-0.39, 0.29) is 35.0 Å². The molecule has 31 heavy (non-hydrogen) atoms. The van der Waals surface area contributed by atoms with E-state index in [1.165, 1.54) is 36.0 Å². The third-order valence-corrected chi connectivity index (χ3v) is 6.43. The Balaban J connectivity index is 1.36. The average molecular weight is 462 g/mol. The summed E-state index contributed by atoms with van der Waals surface area (Å²) in [6.45, 7) is 1.61. The van der Waals surface area contributed by atoms with Crippen LogP contribution in [-0.4, -0.2) is 58.7 Å². The molecule has 2 aromatic carbocycles. The molecule has 2 N–H and O–H groups in total. The van der Waals surface area contributed by atoms with Gasteiger partial charge in [-0.15, -0.1) is 11.8 Å². The van der Waals surface area contributed by atoms with Gasteiger partial charge in [-0.3, -0.25) is 14.4 Å². The molecule has 1 saturated heterocycles. The fourth-order valence-corrected chi connectivity index (χ4v) is 4.49. The van der Waals surface area contributed by atoms with Gasteiger partial charge >= 0.3 is 0 Å². The summed E-state index contributed by atoms with van der Waals surface area (Å²) in [5, 5.41) is 5.43. The molecule has 0 atom stereocenters. The minimum absolute atomic E-state index is 0.112. The molecule has 0 spiro atoms. The molecule has 1 aliphatic heterocycles. The predicted molar refractivity (Wildman–Crippen MR) is 125 cm³/mol. The van der Waals surface area contributed by atoms with Crippen LogP contribution in [0.15, 0.2) is 48.5 Å². The van der Waals surface area contributed by atoms with Crippen LogP contribution in [0.4, 0.5) is 15.8 Å². The molecule has 0 radical (unpaired) electrons. The van der Waals surface area contributed by atoms with E-state index in [0.717, 1.165) is 30.2 Å². The molecular formula is C22H24FN3O3S2. The number of carbonyl (C=O) groups excluding carboxylic acids is 3. The summed E-state index contributed by atoms with van der Waals surface area (Å²) in [5.74, 6) is 1.51. The fraction of sp³-hybridized carbons (Fsp3) is 0.318. The minimum atomic E-state index is -0.370. The Hall–Kier alpha value is -2.52. The van der Waals surface area contributed by atoms with Gasteiger partial charge in [-0.05, 0) is 42.0 Å². The van der Waals surface area contributed by atoms with Crippen molar-refractivity contribution in [2.24, 2.45) is 0 Å². The third-order valence-electron chi connectivity index (χ3n) is 4.55. The van der Waals surface area contributed by atoms with E-state index in [1.807, 2.05) is 28.8 Å². The van der Waals surface area contributed by atoms with Crippen molar-refractivity contribution < 1.29 is 18.8 Å². The van der Waals surface area contributed by atoms with Crippen molar-refractivity contribution in [2.75, 3.05) is 46.7 Å². The van der Waals surface area contributed by atoms with Gasteiger partial charge < -0.3 is 15.5 Å². The Morgan fingerprint density at radius 1 is 0.871 bits per heavy atom. The zero-order valence-electron chi connectivity index (χ0n) is 16.9. The first-order valence-electron chi connectivity index (χ1n) is 9.87. The topological polar surface area (TPSA) is 78.5 Å². The molecule has 164 valence electrons. The van der Waals surface area contributed by atoms with Crippen LogP contribution >= 0.6 is 23.5 Å². The SMILES string of the molecule is O=C(CSCC(=O)Nc1ccc(CC(=O)N2CCSCC2)cc1)Nc1ccc(F)cc1. The summed E-state index contributed by atoms with van der Waals surface area (Å²) in [7, 11) is 0. The molecule has 1 aliphatic rings. The first-order chi connectivity index (χ1) is 15.0. The minimum Gasteiger partial charge on any atom is -0.341 e. The average Bonchev–Trinajstić information content (AvgIpc) is 2.77. The highest BCUT2D eigenvalue weighted by Gasteiger charge is 2.16. The Kier molecular flexibility index (Phi) is 8.78. The van der Waals surface area contributed by atoms with Crippen molar-refractivity contribution in [3.05, 3.63) is 59.9 Å². The van der Waals surface area contributed by atoms with Gasteiger partial charge in [0.2, 0.25) is 17.7 Å². The smallest absolute Gasteiger partial charge is 0.234 e. The van der Waals surface area contributed by atoms with Crippen LogP contribution in [0.25, 0.3) is 0 Å². The van der Waals surface area contributed by atoms with Crippen LogP contribution in [0.5, 0.6) is 0 Å². The van der Waals surface area contributed by atoms with Crippen molar-refractivity contribution >= 4 is 52.6 Å². The van der Waals surface area contributed by atoms with Crippen LogP contribution in [0.1, 0.15) is 5.56 Å². The van der Waals surface area contributed by atoms with Crippen molar-refractivity contribution in [1.29, 1.82) is 0 Å². The molecule has 1 heterocycles. The number of nitrogens with one attached hydrogen (secondary N) is 2. The largest absolute Gasteiger partial charge is 0.341 e. The van der Waals surface area contributed by atoms with Crippen LogP contribution in [0.3, 0.4) is 0 Å². The summed E-state index contributed by atoms with van der Waals surface area (Å²) >= 11 is 3.06. The van der Waals surface area contributed by atoms with Crippen molar-refractivity contribution in [3.63, 3.8) is 0 Å². The first-order valence-corrected chi connectivity index (χ1v) is 12.2. The van der Waals surface area contributed by atoms with Gasteiger partial charge in [-0.1, -0.05) is 12.1 Å². The van der Waals surface area contributed by atoms with Gasteiger partial charge in [0.25, 0.3) is 0 Å². The van der Waals surface area contributed by atoms with E-state index < -0.39 is 0 Å². The van der Waals surface area contributed by atoms with E-state index in [9.17, 15) is 18.8 Å². The maximum atomic E-state index is 12.9. The molecule has 3 amide bonds. The van der Waals surface area contributed by atoms with E-state index in [0.29, 0.717) is 17.8 Å². The Morgan fingerprint density at radius 3 is 1.94 bits per heavy atom. The number of benzene rings is 2. The normalized spacial score (nSPS) is 13.5. The van der Waals surface area contributed by atoms with Gasteiger partial charge in [0, 0.05) is 36.0 Å². The second-order valence-electron chi connectivity index (χ2n) is 6.96. The van der Waals surface area contributed by atoms with Gasteiger partial charge in [-0.2, -0.15) is 11.8 Å². The highest BCUT2D eigenvalue weighted by atomic mass is 32.2. The summed E-state index contributed by atoms with van der Waals surface area (Å²) in [5.41, 5.74) is 2.06. The van der Waals surface area contributed by atoms with E-state index in [1.54, 1.807) is 12.1 Å². The quantitative estimate of drug-likeness (QED) is 0.631. The van der Waals surface area contributed by atoms with Crippen LogP contribution in [-0.2, 0) is 20.8 Å². The molecule has 1 fully saturated rings. The highest BCUT2D eigenvalue weighted by Crippen LogP contribution is 2.15. The van der Waals surface area contributed by atoms with Crippen molar-refractivity contribution in [1.82, 2.24) is 4.90 Å². The number of halogens is 1. The summed E-state index contributed by atoms with van der Waals surface area (Å²) in [6, 6.07) is 12.7. The Bertz CT molecular complexity index is 901. The summed E-state index contributed by atoms with van der Waals surface area (Å²) < 4.78 is 12.9. The summed E-state index contributed by atoms with van der Waals surface area (Å²) in [4.78, 5) is 38.2. The predicted octanol–water partition coefficient (Wildman–Crippen LogP) is 3.25. The number of thioether (sulfide) groups is 2. The fourth-order valence-electron chi connectivity index (χ4n) is 2.97. The highest BCUT2D eigenvalue weighted by molar-refractivity contribution is 8.00. The lowest BCUT2D eigenvalue weighted by atomic mass is 10.1. The molecule has 6 nitrogen and oxygen atoms in total.